The number of thiazole rings is 1. The third-order valence-electron chi connectivity index (χ3n) is 2.85. The van der Waals surface area contributed by atoms with Crippen LogP contribution in [0.4, 0.5) is 4.39 Å². The molecule has 1 unspecified atom stereocenters. The van der Waals surface area contributed by atoms with Crippen LogP contribution in [0.1, 0.15) is 19.5 Å². The highest BCUT2D eigenvalue weighted by atomic mass is 32.1. The smallest absolute Gasteiger partial charge is 0.123 e. The largest absolute Gasteiger partial charge is 0.380 e. The van der Waals surface area contributed by atoms with Crippen LogP contribution in [0.5, 0.6) is 0 Å². The first-order chi connectivity index (χ1) is 9.69. The summed E-state index contributed by atoms with van der Waals surface area (Å²) in [6.45, 7) is 6.22. The van der Waals surface area contributed by atoms with Gasteiger partial charge in [0, 0.05) is 30.1 Å². The lowest BCUT2D eigenvalue weighted by atomic mass is 10.2. The van der Waals surface area contributed by atoms with E-state index >= 15 is 0 Å². The molecule has 108 valence electrons. The molecule has 0 bridgehead atoms. The molecule has 1 aromatic heterocycles. The van der Waals surface area contributed by atoms with Gasteiger partial charge >= 0.3 is 0 Å². The molecule has 1 atom stereocenters. The SMILES string of the molecule is CCOCC(C)NCc1csc(-c2ccc(F)cc2)n1. The molecule has 2 rings (SSSR count). The molecule has 1 aromatic carbocycles. The predicted molar refractivity (Wildman–Crippen MR) is 80.3 cm³/mol. The second-order valence-corrected chi connectivity index (χ2v) is 5.45. The molecule has 2 aromatic rings. The number of halogens is 1. The maximum Gasteiger partial charge on any atom is 0.123 e. The van der Waals surface area contributed by atoms with Crippen molar-refractivity contribution in [2.24, 2.45) is 0 Å². The zero-order chi connectivity index (χ0) is 14.4. The summed E-state index contributed by atoms with van der Waals surface area (Å²) in [7, 11) is 0. The zero-order valence-corrected chi connectivity index (χ0v) is 12.5. The first-order valence-electron chi connectivity index (χ1n) is 6.70. The van der Waals surface area contributed by atoms with E-state index in [4.69, 9.17) is 4.74 Å². The van der Waals surface area contributed by atoms with Gasteiger partial charge in [-0.15, -0.1) is 11.3 Å². The fraction of sp³-hybridized carbons (Fsp3) is 0.400. The van der Waals surface area contributed by atoms with Gasteiger partial charge in [0.15, 0.2) is 0 Å². The lowest BCUT2D eigenvalue weighted by Gasteiger charge is -2.12. The van der Waals surface area contributed by atoms with E-state index < -0.39 is 0 Å². The zero-order valence-electron chi connectivity index (χ0n) is 11.7. The molecule has 1 N–H and O–H groups in total. The molecule has 0 amide bonds. The Morgan fingerprint density at radius 3 is 2.80 bits per heavy atom. The van der Waals surface area contributed by atoms with Gasteiger partial charge in [0.2, 0.25) is 0 Å². The number of hydrogen-bond donors (Lipinski definition) is 1. The maximum atomic E-state index is 12.9. The fourth-order valence-electron chi connectivity index (χ4n) is 1.75. The van der Waals surface area contributed by atoms with Crippen LogP contribution in [-0.4, -0.2) is 24.2 Å². The molecule has 0 fully saturated rings. The van der Waals surface area contributed by atoms with Crippen molar-refractivity contribution in [3.05, 3.63) is 41.2 Å². The summed E-state index contributed by atoms with van der Waals surface area (Å²) in [5, 5.41) is 6.31. The van der Waals surface area contributed by atoms with E-state index in [9.17, 15) is 4.39 Å². The van der Waals surface area contributed by atoms with Crippen LogP contribution in [0.25, 0.3) is 10.6 Å². The number of hydrogen-bond acceptors (Lipinski definition) is 4. The summed E-state index contributed by atoms with van der Waals surface area (Å²) in [4.78, 5) is 4.56. The lowest BCUT2D eigenvalue weighted by molar-refractivity contribution is 0.127. The highest BCUT2D eigenvalue weighted by Crippen LogP contribution is 2.23. The number of nitrogens with one attached hydrogen (secondary N) is 1. The van der Waals surface area contributed by atoms with Gasteiger partial charge in [-0.05, 0) is 38.1 Å². The van der Waals surface area contributed by atoms with Crippen LogP contribution in [0.3, 0.4) is 0 Å². The number of nitrogens with zero attached hydrogens (tertiary/aromatic N) is 1. The molecule has 5 heteroatoms. The van der Waals surface area contributed by atoms with Gasteiger partial charge in [0.1, 0.15) is 10.8 Å². The molecule has 1 heterocycles. The Morgan fingerprint density at radius 1 is 1.35 bits per heavy atom. The van der Waals surface area contributed by atoms with E-state index in [0.717, 1.165) is 22.9 Å². The predicted octanol–water partition coefficient (Wildman–Crippen LogP) is 3.46. The number of rotatable bonds is 7. The summed E-state index contributed by atoms with van der Waals surface area (Å²) in [5.41, 5.74) is 1.95. The molecule has 0 spiro atoms. The summed E-state index contributed by atoms with van der Waals surface area (Å²) in [6.07, 6.45) is 0. The highest BCUT2D eigenvalue weighted by Gasteiger charge is 2.06. The summed E-state index contributed by atoms with van der Waals surface area (Å²) in [6, 6.07) is 6.72. The normalized spacial score (nSPS) is 12.6. The Morgan fingerprint density at radius 2 is 2.10 bits per heavy atom. The molecule has 20 heavy (non-hydrogen) atoms. The van der Waals surface area contributed by atoms with Gasteiger partial charge in [0.05, 0.1) is 12.3 Å². The molecule has 3 nitrogen and oxygen atoms in total. The standard InChI is InChI=1S/C15H19FN2OS/c1-3-19-9-11(2)17-8-14-10-20-15(18-14)12-4-6-13(16)7-5-12/h4-7,10-11,17H,3,8-9H2,1-2H3. The van der Waals surface area contributed by atoms with Crippen molar-refractivity contribution < 1.29 is 9.13 Å². The van der Waals surface area contributed by atoms with E-state index in [-0.39, 0.29) is 5.82 Å². The van der Waals surface area contributed by atoms with Gasteiger partial charge < -0.3 is 10.1 Å². The summed E-state index contributed by atoms with van der Waals surface area (Å²) in [5.74, 6) is -0.225. The summed E-state index contributed by atoms with van der Waals surface area (Å²) >= 11 is 1.57. The second-order valence-electron chi connectivity index (χ2n) is 4.59. The second kappa shape index (κ2) is 7.47. The quantitative estimate of drug-likeness (QED) is 0.849. The van der Waals surface area contributed by atoms with E-state index in [1.165, 1.54) is 12.1 Å². The molecule has 0 saturated carbocycles. The van der Waals surface area contributed by atoms with Crippen molar-refractivity contribution in [3.63, 3.8) is 0 Å². The van der Waals surface area contributed by atoms with Crippen LogP contribution < -0.4 is 5.32 Å². The van der Waals surface area contributed by atoms with Crippen LogP contribution >= 0.6 is 11.3 Å². The minimum absolute atomic E-state index is 0.225. The molecule has 0 aliphatic rings. The lowest BCUT2D eigenvalue weighted by Crippen LogP contribution is -2.30. The molecule has 0 aliphatic carbocycles. The topological polar surface area (TPSA) is 34.1 Å². The molecular weight excluding hydrogens is 275 g/mol. The van der Waals surface area contributed by atoms with Crippen molar-refractivity contribution in [1.82, 2.24) is 10.3 Å². The molecule has 0 saturated heterocycles. The van der Waals surface area contributed by atoms with Crippen molar-refractivity contribution >= 4 is 11.3 Å². The van der Waals surface area contributed by atoms with Crippen LogP contribution in [-0.2, 0) is 11.3 Å². The van der Waals surface area contributed by atoms with E-state index in [1.54, 1.807) is 23.5 Å². The van der Waals surface area contributed by atoms with Gasteiger partial charge in [-0.25, -0.2) is 9.37 Å². The van der Waals surface area contributed by atoms with Crippen molar-refractivity contribution in [2.75, 3.05) is 13.2 Å². The minimum Gasteiger partial charge on any atom is -0.380 e. The van der Waals surface area contributed by atoms with Gasteiger partial charge in [-0.1, -0.05) is 0 Å². The van der Waals surface area contributed by atoms with Crippen LogP contribution in [0.15, 0.2) is 29.6 Å². The van der Waals surface area contributed by atoms with E-state index in [1.807, 2.05) is 12.3 Å². The Labute approximate surface area is 122 Å². The maximum absolute atomic E-state index is 12.9. The number of benzene rings is 1. The Balaban J connectivity index is 1.90. The van der Waals surface area contributed by atoms with E-state index in [2.05, 4.69) is 17.2 Å². The van der Waals surface area contributed by atoms with Crippen LogP contribution in [0, 0.1) is 5.82 Å². The van der Waals surface area contributed by atoms with Crippen molar-refractivity contribution in [1.29, 1.82) is 0 Å². The Kier molecular flexibility index (Phi) is 5.64. The van der Waals surface area contributed by atoms with Gasteiger partial charge in [-0.3, -0.25) is 0 Å². The van der Waals surface area contributed by atoms with E-state index in [0.29, 0.717) is 19.2 Å². The number of ether oxygens (including phenoxy) is 1. The summed E-state index contributed by atoms with van der Waals surface area (Å²) < 4.78 is 18.2. The Bertz CT molecular complexity index is 527. The molecule has 0 radical (unpaired) electrons. The molecule has 0 aliphatic heterocycles. The Hall–Kier alpha value is -1.30. The third-order valence-corrected chi connectivity index (χ3v) is 3.79. The highest BCUT2D eigenvalue weighted by molar-refractivity contribution is 7.13. The molecular formula is C15H19FN2OS. The van der Waals surface area contributed by atoms with Gasteiger partial charge in [0.25, 0.3) is 0 Å². The number of aromatic nitrogens is 1. The average molecular weight is 294 g/mol. The first-order valence-corrected chi connectivity index (χ1v) is 7.58. The fourth-order valence-corrected chi connectivity index (χ4v) is 2.57. The monoisotopic (exact) mass is 294 g/mol. The first kappa shape index (κ1) is 15.1. The third kappa shape index (κ3) is 4.37. The van der Waals surface area contributed by atoms with Crippen LogP contribution in [0.2, 0.25) is 0 Å². The van der Waals surface area contributed by atoms with Crippen molar-refractivity contribution in [2.45, 2.75) is 26.4 Å². The van der Waals surface area contributed by atoms with Gasteiger partial charge in [-0.2, -0.15) is 0 Å². The van der Waals surface area contributed by atoms with Crippen molar-refractivity contribution in [3.8, 4) is 10.6 Å². The minimum atomic E-state index is -0.225. The average Bonchev–Trinajstić information content (AvgIpc) is 2.92.